The van der Waals surface area contributed by atoms with E-state index in [2.05, 4.69) is 26.5 Å². The summed E-state index contributed by atoms with van der Waals surface area (Å²) in [5, 5.41) is 15.9. The normalized spacial score (nSPS) is 11.8. The number of nitrogens with zero attached hydrogens (tertiary/aromatic N) is 2. The number of phenols is 1. The highest BCUT2D eigenvalue weighted by Crippen LogP contribution is 2.25. The van der Waals surface area contributed by atoms with Gasteiger partial charge in [0.25, 0.3) is 5.91 Å². The summed E-state index contributed by atoms with van der Waals surface area (Å²) in [6, 6.07) is 26.1. The third-order valence-electron chi connectivity index (χ3n) is 5.30. The van der Waals surface area contributed by atoms with E-state index < -0.39 is 22.5 Å². The van der Waals surface area contributed by atoms with Crippen LogP contribution in [0.1, 0.15) is 11.1 Å². The molecule has 178 valence electrons. The zero-order valence-corrected chi connectivity index (χ0v) is 20.9. The molecule has 0 aliphatic rings. The lowest BCUT2D eigenvalue weighted by atomic mass is 10.0. The van der Waals surface area contributed by atoms with Crippen LogP contribution in [-0.2, 0) is 21.4 Å². The van der Waals surface area contributed by atoms with E-state index in [1.807, 2.05) is 30.3 Å². The summed E-state index contributed by atoms with van der Waals surface area (Å²) in [5.74, 6) is -0.595. The average Bonchev–Trinajstić information content (AvgIpc) is 2.86. The van der Waals surface area contributed by atoms with E-state index >= 15 is 0 Å². The van der Waals surface area contributed by atoms with Crippen LogP contribution in [0.2, 0.25) is 0 Å². The van der Waals surface area contributed by atoms with E-state index in [9.17, 15) is 18.3 Å². The summed E-state index contributed by atoms with van der Waals surface area (Å²) in [4.78, 5) is 12.8. The van der Waals surface area contributed by atoms with Crippen LogP contribution < -0.4 is 5.43 Å². The Balaban J connectivity index is 1.55. The van der Waals surface area contributed by atoms with Crippen molar-refractivity contribution >= 4 is 48.8 Å². The lowest BCUT2D eigenvalue weighted by Gasteiger charge is -2.21. The fourth-order valence-electron chi connectivity index (χ4n) is 3.55. The molecule has 4 aromatic rings. The Morgan fingerprint density at radius 1 is 0.943 bits per heavy atom. The molecular weight excluding hydrogens is 530 g/mol. The van der Waals surface area contributed by atoms with Crippen LogP contribution >= 0.6 is 15.9 Å². The molecule has 35 heavy (non-hydrogen) atoms. The summed E-state index contributed by atoms with van der Waals surface area (Å²) in [5.41, 5.74) is 3.57. The van der Waals surface area contributed by atoms with Gasteiger partial charge in [-0.1, -0.05) is 76.6 Å². The van der Waals surface area contributed by atoms with Crippen LogP contribution in [0.4, 0.5) is 0 Å². The van der Waals surface area contributed by atoms with Crippen molar-refractivity contribution < 1.29 is 18.3 Å². The second kappa shape index (κ2) is 10.8. The minimum Gasteiger partial charge on any atom is -0.507 e. The molecule has 0 fully saturated rings. The van der Waals surface area contributed by atoms with Gasteiger partial charge in [-0.25, -0.2) is 13.8 Å². The first-order valence-electron chi connectivity index (χ1n) is 10.7. The molecule has 0 unspecified atom stereocenters. The van der Waals surface area contributed by atoms with Crippen molar-refractivity contribution in [1.29, 1.82) is 0 Å². The Labute approximate surface area is 211 Å². The first kappa shape index (κ1) is 24.6. The van der Waals surface area contributed by atoms with Crippen LogP contribution in [0.3, 0.4) is 0 Å². The van der Waals surface area contributed by atoms with Gasteiger partial charge in [0, 0.05) is 16.6 Å². The highest BCUT2D eigenvalue weighted by atomic mass is 79.9. The third-order valence-corrected chi connectivity index (χ3v) is 7.64. The highest BCUT2D eigenvalue weighted by Gasteiger charge is 2.27. The van der Waals surface area contributed by atoms with Crippen molar-refractivity contribution in [3.05, 3.63) is 107 Å². The molecule has 0 saturated heterocycles. The fraction of sp³-hybridized carbons (Fsp3) is 0.0769. The molecule has 0 atom stereocenters. The minimum atomic E-state index is -3.96. The molecule has 1 amide bonds. The number of fused-ring (bicyclic) bond motifs is 1. The maximum absolute atomic E-state index is 13.3. The number of hydrogen-bond donors (Lipinski definition) is 2. The summed E-state index contributed by atoms with van der Waals surface area (Å²) < 4.78 is 28.5. The third kappa shape index (κ3) is 5.94. The van der Waals surface area contributed by atoms with Crippen LogP contribution in [0, 0.1) is 0 Å². The number of halogens is 1. The van der Waals surface area contributed by atoms with Gasteiger partial charge in [-0.3, -0.25) is 4.79 Å². The van der Waals surface area contributed by atoms with Gasteiger partial charge in [-0.2, -0.15) is 9.41 Å². The molecule has 4 rings (SSSR count). The van der Waals surface area contributed by atoms with Gasteiger partial charge in [0.15, 0.2) is 0 Å². The minimum absolute atomic E-state index is 0.0144. The van der Waals surface area contributed by atoms with Crippen molar-refractivity contribution in [2.24, 2.45) is 5.10 Å². The Kier molecular flexibility index (Phi) is 7.60. The van der Waals surface area contributed by atoms with Gasteiger partial charge in [0.05, 0.1) is 17.7 Å². The Bertz CT molecular complexity index is 1470. The molecule has 7 nitrogen and oxygen atoms in total. The number of hydrazone groups is 1. The number of phenolic OH excluding ortho intramolecular Hbond substituents is 1. The number of benzene rings is 4. The fourth-order valence-corrected chi connectivity index (χ4v) is 5.20. The smallest absolute Gasteiger partial charge is 0.255 e. The van der Waals surface area contributed by atoms with Crippen LogP contribution in [-0.4, -0.2) is 36.5 Å². The average molecular weight is 552 g/mol. The Morgan fingerprint density at radius 2 is 1.63 bits per heavy atom. The predicted molar refractivity (Wildman–Crippen MR) is 140 cm³/mol. The van der Waals surface area contributed by atoms with E-state index in [0.29, 0.717) is 5.56 Å². The SMILES string of the molecule is O=C(CN(Cc1ccccc1)S(=O)(=O)c1ccc(Br)cc1)N/N=C\c1c(O)ccc2ccccc12. The zero-order chi connectivity index (χ0) is 24.8. The van der Waals surface area contributed by atoms with Gasteiger partial charge in [0.2, 0.25) is 10.0 Å². The van der Waals surface area contributed by atoms with Gasteiger partial charge < -0.3 is 5.11 Å². The summed E-state index contributed by atoms with van der Waals surface area (Å²) >= 11 is 3.30. The zero-order valence-electron chi connectivity index (χ0n) is 18.5. The van der Waals surface area contributed by atoms with Crippen molar-refractivity contribution in [3.8, 4) is 5.75 Å². The topological polar surface area (TPSA) is 99.1 Å². The molecule has 0 heterocycles. The summed E-state index contributed by atoms with van der Waals surface area (Å²) in [6.45, 7) is -0.424. The molecule has 2 N–H and O–H groups in total. The van der Waals surface area contributed by atoms with Gasteiger partial charge >= 0.3 is 0 Å². The number of aromatic hydroxyl groups is 1. The molecule has 0 spiro atoms. The molecule has 0 radical (unpaired) electrons. The quantitative estimate of drug-likeness (QED) is 0.246. The number of carbonyl (C=O) groups excluding carboxylic acids is 1. The Morgan fingerprint density at radius 3 is 2.37 bits per heavy atom. The number of amides is 1. The predicted octanol–water partition coefficient (Wildman–Crippen LogP) is 4.65. The summed E-state index contributed by atoms with van der Waals surface area (Å²) in [7, 11) is -3.96. The van der Waals surface area contributed by atoms with Crippen molar-refractivity contribution in [1.82, 2.24) is 9.73 Å². The van der Waals surface area contributed by atoms with E-state index in [-0.39, 0.29) is 17.2 Å². The monoisotopic (exact) mass is 551 g/mol. The maximum Gasteiger partial charge on any atom is 0.255 e. The van der Waals surface area contributed by atoms with Gasteiger partial charge in [0.1, 0.15) is 5.75 Å². The molecular formula is C26H22BrN3O4S. The van der Waals surface area contributed by atoms with E-state index in [1.165, 1.54) is 18.3 Å². The molecule has 0 aromatic heterocycles. The molecule has 4 aromatic carbocycles. The first-order valence-corrected chi connectivity index (χ1v) is 12.9. The molecule has 0 bridgehead atoms. The van der Waals surface area contributed by atoms with Gasteiger partial charge in [-0.15, -0.1) is 0 Å². The molecule has 0 aliphatic carbocycles. The van der Waals surface area contributed by atoms with Crippen LogP contribution in [0.5, 0.6) is 5.75 Å². The Hall–Kier alpha value is -3.53. The van der Waals surface area contributed by atoms with E-state index in [0.717, 1.165) is 25.1 Å². The largest absolute Gasteiger partial charge is 0.507 e. The molecule has 0 aliphatic heterocycles. The number of sulfonamides is 1. The highest BCUT2D eigenvalue weighted by molar-refractivity contribution is 9.10. The van der Waals surface area contributed by atoms with E-state index in [4.69, 9.17) is 0 Å². The molecule has 9 heteroatoms. The standard InChI is InChI=1S/C26H22BrN3O4S/c27-21-11-13-22(14-12-21)35(33,34)30(17-19-6-2-1-3-7-19)18-26(32)29-28-16-24-23-9-5-4-8-20(23)10-15-25(24)31/h1-16,31H,17-18H2,(H,29,32)/b28-16-. The lowest BCUT2D eigenvalue weighted by molar-refractivity contribution is -0.121. The number of hydrogen-bond acceptors (Lipinski definition) is 5. The summed E-state index contributed by atoms with van der Waals surface area (Å²) in [6.07, 6.45) is 1.35. The van der Waals surface area contributed by atoms with E-state index in [1.54, 1.807) is 48.5 Å². The number of rotatable bonds is 8. The molecule has 0 saturated carbocycles. The number of nitrogens with one attached hydrogen (secondary N) is 1. The van der Waals surface area contributed by atoms with Gasteiger partial charge in [-0.05, 0) is 46.7 Å². The second-order valence-corrected chi connectivity index (χ2v) is 10.6. The van der Waals surface area contributed by atoms with Crippen molar-refractivity contribution in [3.63, 3.8) is 0 Å². The second-order valence-electron chi connectivity index (χ2n) is 7.73. The van der Waals surface area contributed by atoms with Crippen molar-refractivity contribution in [2.45, 2.75) is 11.4 Å². The van der Waals surface area contributed by atoms with Crippen LogP contribution in [0.25, 0.3) is 10.8 Å². The maximum atomic E-state index is 13.3. The number of carbonyl (C=O) groups is 1. The van der Waals surface area contributed by atoms with Crippen molar-refractivity contribution in [2.75, 3.05) is 6.54 Å². The van der Waals surface area contributed by atoms with Crippen LogP contribution in [0.15, 0.2) is 105 Å². The lowest BCUT2D eigenvalue weighted by Crippen LogP contribution is -2.39. The first-order chi connectivity index (χ1) is 16.8.